The van der Waals surface area contributed by atoms with Crippen molar-refractivity contribution in [2.75, 3.05) is 13.2 Å². The highest BCUT2D eigenvalue weighted by Gasteiger charge is 2.84. The second-order valence-corrected chi connectivity index (χ2v) is 7.01. The molecule has 3 rings (SSSR count). The molecule has 1 saturated heterocycles. The van der Waals surface area contributed by atoms with E-state index in [0.29, 0.717) is 6.42 Å². The molecule has 5 atom stereocenters. The van der Waals surface area contributed by atoms with Crippen LogP contribution in [-0.2, 0) is 9.53 Å². The zero-order valence-corrected chi connectivity index (χ0v) is 12.1. The summed E-state index contributed by atoms with van der Waals surface area (Å²) in [5.41, 5.74) is -2.66. The number of carbonyl (C=O) groups excluding carboxylic acids is 1. The van der Waals surface area contributed by atoms with Crippen molar-refractivity contribution < 1.29 is 24.9 Å². The summed E-state index contributed by atoms with van der Waals surface area (Å²) in [6, 6.07) is 0. The van der Waals surface area contributed by atoms with E-state index in [-0.39, 0.29) is 25.6 Å². The van der Waals surface area contributed by atoms with Crippen LogP contribution in [0.1, 0.15) is 33.6 Å². The summed E-state index contributed by atoms with van der Waals surface area (Å²) in [6.45, 7) is 4.95. The molecule has 0 aromatic heterocycles. The Labute approximate surface area is 118 Å². The van der Waals surface area contributed by atoms with Crippen LogP contribution in [0.25, 0.3) is 0 Å². The zero-order valence-electron chi connectivity index (χ0n) is 12.1. The lowest BCUT2D eigenvalue weighted by Crippen LogP contribution is -2.55. The lowest BCUT2D eigenvalue weighted by molar-refractivity contribution is -0.178. The minimum Gasteiger partial charge on any atom is -0.457 e. The van der Waals surface area contributed by atoms with Crippen molar-refractivity contribution in [2.24, 2.45) is 16.2 Å². The smallest absolute Gasteiger partial charge is 0.307 e. The van der Waals surface area contributed by atoms with Gasteiger partial charge in [-0.3, -0.25) is 4.79 Å². The molecular weight excluding hydrogens is 260 g/mol. The number of rotatable bonds is 2. The van der Waals surface area contributed by atoms with E-state index in [1.165, 1.54) is 0 Å². The fourth-order valence-electron chi connectivity index (χ4n) is 5.09. The van der Waals surface area contributed by atoms with E-state index in [0.717, 1.165) is 5.57 Å². The average Bonchev–Trinajstić information content (AvgIpc) is 2.92. The fraction of sp³-hybridized carbons (Fsp3) is 0.800. The van der Waals surface area contributed by atoms with Crippen LogP contribution in [0.2, 0.25) is 0 Å². The van der Waals surface area contributed by atoms with E-state index in [9.17, 15) is 20.1 Å². The van der Waals surface area contributed by atoms with Crippen LogP contribution in [0, 0.1) is 16.2 Å². The summed E-state index contributed by atoms with van der Waals surface area (Å²) in [7, 11) is 0. The van der Waals surface area contributed by atoms with Crippen molar-refractivity contribution in [1.82, 2.24) is 0 Å². The van der Waals surface area contributed by atoms with Gasteiger partial charge in [-0.05, 0) is 6.92 Å². The molecule has 0 bridgehead atoms. The summed E-state index contributed by atoms with van der Waals surface area (Å²) in [4.78, 5) is 11.9. The predicted molar refractivity (Wildman–Crippen MR) is 70.6 cm³/mol. The van der Waals surface area contributed by atoms with E-state index in [4.69, 9.17) is 4.74 Å². The molecule has 1 saturated carbocycles. The van der Waals surface area contributed by atoms with Gasteiger partial charge in [0.15, 0.2) is 0 Å². The number of esters is 1. The SMILES string of the molecule is CC1=CC[C@@]23OC(=O)C[C@@]12[C@@H](O)[C@@](C)(CO)[C@@]3(C)CO. The molecule has 3 aliphatic rings. The lowest BCUT2D eigenvalue weighted by Gasteiger charge is -2.47. The Kier molecular flexibility index (Phi) is 2.56. The maximum Gasteiger partial charge on any atom is 0.307 e. The summed E-state index contributed by atoms with van der Waals surface area (Å²) in [5.74, 6) is -0.337. The maximum atomic E-state index is 11.9. The Balaban J connectivity index is 2.31. The molecule has 5 heteroatoms. The van der Waals surface area contributed by atoms with E-state index >= 15 is 0 Å². The Morgan fingerprint density at radius 1 is 1.35 bits per heavy atom. The van der Waals surface area contributed by atoms with Gasteiger partial charge in [-0.25, -0.2) is 0 Å². The average molecular weight is 282 g/mol. The van der Waals surface area contributed by atoms with E-state index in [1.807, 2.05) is 13.0 Å². The largest absolute Gasteiger partial charge is 0.457 e. The van der Waals surface area contributed by atoms with Crippen LogP contribution in [0.5, 0.6) is 0 Å². The lowest BCUT2D eigenvalue weighted by atomic mass is 9.61. The van der Waals surface area contributed by atoms with Crippen molar-refractivity contribution in [3.05, 3.63) is 11.6 Å². The number of hydrogen-bond acceptors (Lipinski definition) is 5. The maximum absolute atomic E-state index is 11.9. The quantitative estimate of drug-likeness (QED) is 0.503. The van der Waals surface area contributed by atoms with Gasteiger partial charge >= 0.3 is 5.97 Å². The third kappa shape index (κ3) is 1.01. The number of hydrogen-bond donors (Lipinski definition) is 3. The highest BCUT2D eigenvalue weighted by Crippen LogP contribution is 2.76. The van der Waals surface area contributed by atoms with Gasteiger partial charge in [-0.15, -0.1) is 0 Å². The molecule has 0 aromatic rings. The van der Waals surface area contributed by atoms with Gasteiger partial charge in [0, 0.05) is 17.3 Å². The minimum absolute atomic E-state index is 0.113. The summed E-state index contributed by atoms with van der Waals surface area (Å²) < 4.78 is 5.71. The molecule has 0 radical (unpaired) electrons. The monoisotopic (exact) mass is 282 g/mol. The van der Waals surface area contributed by atoms with Crippen molar-refractivity contribution >= 4 is 5.97 Å². The fourth-order valence-corrected chi connectivity index (χ4v) is 5.09. The molecule has 5 nitrogen and oxygen atoms in total. The van der Waals surface area contributed by atoms with Gasteiger partial charge in [0.2, 0.25) is 0 Å². The van der Waals surface area contributed by atoms with E-state index < -0.39 is 27.9 Å². The molecule has 3 N–H and O–H groups in total. The molecule has 0 spiro atoms. The second kappa shape index (κ2) is 3.64. The van der Waals surface area contributed by atoms with Gasteiger partial charge in [0.05, 0.1) is 31.2 Å². The second-order valence-electron chi connectivity index (χ2n) is 7.01. The normalized spacial score (nSPS) is 53.6. The van der Waals surface area contributed by atoms with Gasteiger partial charge < -0.3 is 20.1 Å². The molecule has 20 heavy (non-hydrogen) atoms. The first-order chi connectivity index (χ1) is 9.25. The first-order valence-electron chi connectivity index (χ1n) is 7.05. The predicted octanol–water partition coefficient (Wildman–Crippen LogP) is 0.380. The van der Waals surface area contributed by atoms with E-state index in [1.54, 1.807) is 13.8 Å². The minimum atomic E-state index is -0.952. The molecule has 0 unspecified atom stereocenters. The van der Waals surface area contributed by atoms with Gasteiger partial charge in [0.25, 0.3) is 0 Å². The van der Waals surface area contributed by atoms with Crippen molar-refractivity contribution in [3.63, 3.8) is 0 Å². The molecule has 1 heterocycles. The van der Waals surface area contributed by atoms with Crippen molar-refractivity contribution in [1.29, 1.82) is 0 Å². The van der Waals surface area contributed by atoms with Crippen molar-refractivity contribution in [2.45, 2.75) is 45.3 Å². The van der Waals surface area contributed by atoms with Crippen LogP contribution < -0.4 is 0 Å². The topological polar surface area (TPSA) is 87.0 Å². The number of aliphatic hydroxyl groups is 3. The molecular formula is C15H22O5. The highest BCUT2D eigenvalue weighted by atomic mass is 16.6. The van der Waals surface area contributed by atoms with Crippen LogP contribution in [0.3, 0.4) is 0 Å². The Morgan fingerprint density at radius 3 is 2.55 bits per heavy atom. The number of carbonyl (C=O) groups is 1. The van der Waals surface area contributed by atoms with Gasteiger partial charge in [0.1, 0.15) is 5.60 Å². The molecule has 0 aromatic carbocycles. The third-order valence-corrected chi connectivity index (χ3v) is 6.70. The first-order valence-corrected chi connectivity index (χ1v) is 7.05. The molecule has 2 aliphatic carbocycles. The van der Waals surface area contributed by atoms with E-state index in [2.05, 4.69) is 0 Å². The summed E-state index contributed by atoms with van der Waals surface area (Å²) in [6.07, 6.45) is 1.65. The van der Waals surface area contributed by atoms with Crippen LogP contribution in [-0.4, -0.2) is 46.2 Å². The Bertz CT molecular complexity index is 514. The third-order valence-electron chi connectivity index (χ3n) is 6.70. The molecule has 112 valence electrons. The summed E-state index contributed by atoms with van der Waals surface area (Å²) in [5, 5.41) is 30.9. The molecule has 2 fully saturated rings. The first kappa shape index (κ1) is 14.0. The van der Waals surface area contributed by atoms with Gasteiger partial charge in [-0.2, -0.15) is 0 Å². The molecule has 0 amide bonds. The van der Waals surface area contributed by atoms with Crippen LogP contribution >= 0.6 is 0 Å². The van der Waals surface area contributed by atoms with Crippen LogP contribution in [0.4, 0.5) is 0 Å². The highest BCUT2D eigenvalue weighted by molar-refractivity contribution is 5.77. The summed E-state index contributed by atoms with van der Waals surface area (Å²) >= 11 is 0. The van der Waals surface area contributed by atoms with Gasteiger partial charge in [-0.1, -0.05) is 25.5 Å². The number of aliphatic hydroxyl groups excluding tert-OH is 3. The van der Waals surface area contributed by atoms with Crippen LogP contribution in [0.15, 0.2) is 11.6 Å². The standard InChI is InChI=1S/C15H22O5/c1-9-4-5-15-13(3,8-17)12(2,7-16)11(19)14(9,15)6-10(18)20-15/h4,11,16-17,19H,5-8H2,1-3H3/t11-,12+,13+,14-,15-/m0/s1. The zero-order chi connectivity index (χ0) is 15.0. The Hall–Kier alpha value is -0.910. The van der Waals surface area contributed by atoms with Crippen molar-refractivity contribution in [3.8, 4) is 0 Å². The molecule has 1 aliphatic heterocycles. The number of ether oxygens (including phenoxy) is 1. The Morgan fingerprint density at radius 2 is 2.00 bits per heavy atom.